The number of hydrogen-bond acceptors (Lipinski definition) is 2. The number of halogens is 1. The van der Waals surface area contributed by atoms with Gasteiger partial charge in [-0.05, 0) is 49.3 Å². The van der Waals surface area contributed by atoms with Gasteiger partial charge in [0.25, 0.3) is 0 Å². The van der Waals surface area contributed by atoms with Crippen LogP contribution >= 0.6 is 0 Å². The third-order valence-electron chi connectivity index (χ3n) is 3.95. The van der Waals surface area contributed by atoms with Crippen molar-refractivity contribution in [2.75, 3.05) is 6.54 Å². The molecule has 0 bridgehead atoms. The molecule has 6 heteroatoms. The van der Waals surface area contributed by atoms with Crippen LogP contribution in [-0.2, 0) is 6.54 Å². The molecule has 22 heavy (non-hydrogen) atoms. The first kappa shape index (κ1) is 16.3. The van der Waals surface area contributed by atoms with Gasteiger partial charge >= 0.3 is 12.0 Å². The van der Waals surface area contributed by atoms with E-state index in [-0.39, 0.29) is 18.1 Å². The molecule has 3 N–H and O–H groups in total. The summed E-state index contributed by atoms with van der Waals surface area (Å²) in [4.78, 5) is 22.6. The fourth-order valence-corrected chi connectivity index (χ4v) is 2.62. The number of carboxylic acids is 1. The van der Waals surface area contributed by atoms with E-state index in [9.17, 15) is 14.0 Å². The van der Waals surface area contributed by atoms with Gasteiger partial charge in [-0.1, -0.05) is 12.1 Å². The minimum Gasteiger partial charge on any atom is -0.478 e. The molecule has 0 saturated heterocycles. The molecule has 1 aromatic rings. The van der Waals surface area contributed by atoms with Crippen molar-refractivity contribution in [2.45, 2.75) is 38.4 Å². The third-order valence-corrected chi connectivity index (χ3v) is 3.95. The number of carboxylic acid groups (broad SMARTS) is 1. The molecule has 120 valence electrons. The molecule has 1 aromatic carbocycles. The quantitative estimate of drug-likeness (QED) is 0.782. The second kappa shape index (κ2) is 7.77. The van der Waals surface area contributed by atoms with Crippen LogP contribution in [0.4, 0.5) is 9.18 Å². The number of hydrogen-bond donors (Lipinski definition) is 3. The summed E-state index contributed by atoms with van der Waals surface area (Å²) in [6.45, 7) is 0.817. The van der Waals surface area contributed by atoms with Gasteiger partial charge in [-0.15, -0.1) is 0 Å². The van der Waals surface area contributed by atoms with Crippen molar-refractivity contribution in [1.29, 1.82) is 0 Å². The first-order valence-electron chi connectivity index (χ1n) is 7.52. The van der Waals surface area contributed by atoms with E-state index in [0.29, 0.717) is 25.3 Å². The van der Waals surface area contributed by atoms with Gasteiger partial charge < -0.3 is 15.7 Å². The SMILES string of the molecule is O=C(NCc1cccc(C(=O)O)c1)NCC1CCC(F)CC1. The van der Waals surface area contributed by atoms with Gasteiger partial charge in [0.2, 0.25) is 0 Å². The van der Waals surface area contributed by atoms with E-state index in [2.05, 4.69) is 10.6 Å². The molecule has 0 aromatic heterocycles. The van der Waals surface area contributed by atoms with Gasteiger partial charge in [0.15, 0.2) is 0 Å². The topological polar surface area (TPSA) is 78.4 Å². The Morgan fingerprint density at radius 1 is 1.18 bits per heavy atom. The minimum atomic E-state index is -0.991. The normalized spacial score (nSPS) is 21.1. The fourth-order valence-electron chi connectivity index (χ4n) is 2.62. The predicted molar refractivity (Wildman–Crippen MR) is 80.5 cm³/mol. The fraction of sp³-hybridized carbons (Fsp3) is 0.500. The Morgan fingerprint density at radius 3 is 2.59 bits per heavy atom. The molecule has 0 radical (unpaired) electrons. The van der Waals surface area contributed by atoms with E-state index >= 15 is 0 Å². The number of aromatic carboxylic acids is 1. The van der Waals surface area contributed by atoms with E-state index in [4.69, 9.17) is 5.11 Å². The maximum absolute atomic E-state index is 13.0. The van der Waals surface area contributed by atoms with Crippen LogP contribution in [0.3, 0.4) is 0 Å². The van der Waals surface area contributed by atoms with Crippen molar-refractivity contribution in [1.82, 2.24) is 10.6 Å². The van der Waals surface area contributed by atoms with Crippen LogP contribution in [0.1, 0.15) is 41.6 Å². The molecular formula is C16H21FN2O3. The van der Waals surface area contributed by atoms with Gasteiger partial charge in [-0.2, -0.15) is 0 Å². The van der Waals surface area contributed by atoms with E-state index in [1.54, 1.807) is 12.1 Å². The number of carbonyl (C=O) groups excluding carboxylic acids is 1. The highest BCUT2D eigenvalue weighted by Gasteiger charge is 2.20. The zero-order valence-corrected chi connectivity index (χ0v) is 12.3. The van der Waals surface area contributed by atoms with Crippen LogP contribution in [0.25, 0.3) is 0 Å². The smallest absolute Gasteiger partial charge is 0.335 e. The van der Waals surface area contributed by atoms with Crippen molar-refractivity contribution >= 4 is 12.0 Å². The number of alkyl halides is 1. The van der Waals surface area contributed by atoms with Crippen LogP contribution in [0.15, 0.2) is 24.3 Å². The maximum Gasteiger partial charge on any atom is 0.335 e. The summed E-state index contributed by atoms with van der Waals surface area (Å²) in [6, 6.07) is 6.16. The van der Waals surface area contributed by atoms with Gasteiger partial charge in [-0.25, -0.2) is 14.0 Å². The second-order valence-corrected chi connectivity index (χ2v) is 5.69. The number of nitrogens with one attached hydrogen (secondary N) is 2. The molecule has 0 atom stereocenters. The lowest BCUT2D eigenvalue weighted by Gasteiger charge is -2.24. The molecule has 1 fully saturated rings. The van der Waals surface area contributed by atoms with E-state index in [1.807, 2.05) is 0 Å². The summed E-state index contributed by atoms with van der Waals surface area (Å²) >= 11 is 0. The van der Waals surface area contributed by atoms with Crippen LogP contribution in [0.5, 0.6) is 0 Å². The maximum atomic E-state index is 13.0. The summed E-state index contributed by atoms with van der Waals surface area (Å²) in [5.74, 6) is -0.650. The van der Waals surface area contributed by atoms with Crippen molar-refractivity contribution in [3.8, 4) is 0 Å². The number of amides is 2. The molecule has 2 rings (SSSR count). The third kappa shape index (κ3) is 5.02. The van der Waals surface area contributed by atoms with Crippen LogP contribution in [0.2, 0.25) is 0 Å². The second-order valence-electron chi connectivity index (χ2n) is 5.69. The Kier molecular flexibility index (Phi) is 5.75. The Morgan fingerprint density at radius 2 is 1.91 bits per heavy atom. The summed E-state index contributed by atoms with van der Waals surface area (Å²) in [5, 5.41) is 14.4. The first-order valence-corrected chi connectivity index (χ1v) is 7.52. The summed E-state index contributed by atoms with van der Waals surface area (Å²) in [5.41, 5.74) is 0.927. The Labute approximate surface area is 128 Å². The first-order chi connectivity index (χ1) is 10.5. The number of carbonyl (C=O) groups is 2. The Hall–Kier alpha value is -2.11. The van der Waals surface area contributed by atoms with E-state index < -0.39 is 12.1 Å². The number of urea groups is 1. The van der Waals surface area contributed by atoms with Gasteiger partial charge in [0, 0.05) is 13.1 Å². The molecule has 0 aliphatic heterocycles. The van der Waals surface area contributed by atoms with E-state index in [1.165, 1.54) is 12.1 Å². The molecular weight excluding hydrogens is 287 g/mol. The van der Waals surface area contributed by atoms with Gasteiger partial charge in [0.1, 0.15) is 6.17 Å². The predicted octanol–water partition coefficient (Wildman–Crippen LogP) is 2.71. The zero-order chi connectivity index (χ0) is 15.9. The van der Waals surface area contributed by atoms with Gasteiger partial charge in [0.05, 0.1) is 5.56 Å². The van der Waals surface area contributed by atoms with Crippen LogP contribution < -0.4 is 10.6 Å². The summed E-state index contributed by atoms with van der Waals surface area (Å²) < 4.78 is 13.0. The highest BCUT2D eigenvalue weighted by atomic mass is 19.1. The number of rotatable bonds is 5. The molecule has 1 aliphatic carbocycles. The summed E-state index contributed by atoms with van der Waals surface area (Å²) in [7, 11) is 0. The minimum absolute atomic E-state index is 0.197. The van der Waals surface area contributed by atoms with Crippen LogP contribution in [-0.4, -0.2) is 29.8 Å². The average Bonchev–Trinajstić information content (AvgIpc) is 2.52. The molecule has 0 unspecified atom stereocenters. The molecule has 0 spiro atoms. The average molecular weight is 308 g/mol. The summed E-state index contributed by atoms with van der Waals surface area (Å²) in [6.07, 6.45) is 2.09. The Bertz CT molecular complexity index is 528. The Balaban J connectivity index is 1.71. The molecule has 0 heterocycles. The van der Waals surface area contributed by atoms with Crippen molar-refractivity contribution in [3.05, 3.63) is 35.4 Å². The lowest BCUT2D eigenvalue weighted by Crippen LogP contribution is -2.38. The van der Waals surface area contributed by atoms with Crippen LogP contribution in [0, 0.1) is 5.92 Å². The number of benzene rings is 1. The van der Waals surface area contributed by atoms with Gasteiger partial charge in [-0.3, -0.25) is 0 Å². The molecule has 5 nitrogen and oxygen atoms in total. The standard InChI is InChI=1S/C16H21FN2O3/c17-14-6-4-11(5-7-14)9-18-16(22)19-10-12-2-1-3-13(8-12)15(20)21/h1-3,8,11,14H,4-7,9-10H2,(H,20,21)(H2,18,19,22). The monoisotopic (exact) mass is 308 g/mol. The van der Waals surface area contributed by atoms with Crippen molar-refractivity contribution in [3.63, 3.8) is 0 Å². The lowest BCUT2D eigenvalue weighted by atomic mass is 9.88. The highest BCUT2D eigenvalue weighted by molar-refractivity contribution is 5.87. The largest absolute Gasteiger partial charge is 0.478 e. The molecule has 2 amide bonds. The molecule has 1 saturated carbocycles. The highest BCUT2D eigenvalue weighted by Crippen LogP contribution is 2.25. The van der Waals surface area contributed by atoms with E-state index in [0.717, 1.165) is 18.4 Å². The van der Waals surface area contributed by atoms with Crippen molar-refractivity contribution < 1.29 is 19.1 Å². The molecule has 1 aliphatic rings. The lowest BCUT2D eigenvalue weighted by molar-refractivity contribution is 0.0696. The zero-order valence-electron chi connectivity index (χ0n) is 12.3. The van der Waals surface area contributed by atoms with Crippen molar-refractivity contribution in [2.24, 2.45) is 5.92 Å².